The molecule has 2 heterocycles. The van der Waals surface area contributed by atoms with Crippen LogP contribution in [-0.2, 0) is 22.4 Å². The lowest BCUT2D eigenvalue weighted by Crippen LogP contribution is -2.40. The van der Waals surface area contributed by atoms with Gasteiger partial charge in [0.1, 0.15) is 0 Å². The van der Waals surface area contributed by atoms with Crippen molar-refractivity contribution < 1.29 is 14.3 Å². The molecule has 2 amide bonds. The van der Waals surface area contributed by atoms with Crippen molar-refractivity contribution >= 4 is 34.6 Å². The number of amides is 2. The number of nitrogens with zero attached hydrogens (tertiary/aromatic N) is 2. The summed E-state index contributed by atoms with van der Waals surface area (Å²) >= 11 is 0. The number of aromatic nitrogens is 1. The molecule has 0 bridgehead atoms. The summed E-state index contributed by atoms with van der Waals surface area (Å²) in [5.41, 5.74) is 23.3. The molecule has 0 saturated carbocycles. The molecule has 0 unspecified atom stereocenters. The molecular formula is C31H41N7O3. The predicted octanol–water partition coefficient (Wildman–Crippen LogP) is 3.00. The maximum absolute atomic E-state index is 12.8. The molecular weight excluding hydrogens is 518 g/mol. The smallest absolute Gasteiger partial charge is 0.254 e. The largest absolute Gasteiger partial charge is 0.405 e. The fourth-order valence-electron chi connectivity index (χ4n) is 5.03. The topological polar surface area (TPSA) is 173 Å². The van der Waals surface area contributed by atoms with Crippen LogP contribution in [0.25, 0.3) is 22.2 Å². The van der Waals surface area contributed by atoms with Gasteiger partial charge in [0.25, 0.3) is 5.91 Å². The van der Waals surface area contributed by atoms with Gasteiger partial charge in [-0.25, -0.2) is 4.98 Å². The van der Waals surface area contributed by atoms with Crippen LogP contribution in [0.1, 0.15) is 46.8 Å². The number of benzene rings is 2. The van der Waals surface area contributed by atoms with E-state index >= 15 is 0 Å². The molecule has 218 valence electrons. The number of fused-ring (bicyclic) bond motifs is 3. The highest BCUT2D eigenvalue weighted by molar-refractivity contribution is 6.05. The van der Waals surface area contributed by atoms with E-state index in [2.05, 4.69) is 17.6 Å². The normalized spacial score (nSPS) is 14.0. The minimum Gasteiger partial charge on any atom is -0.405 e. The van der Waals surface area contributed by atoms with Gasteiger partial charge in [0, 0.05) is 67.1 Å². The van der Waals surface area contributed by atoms with E-state index in [1.165, 1.54) is 30.5 Å². The number of morpholine rings is 1. The third-order valence-corrected chi connectivity index (χ3v) is 6.91. The van der Waals surface area contributed by atoms with Crippen molar-refractivity contribution in [2.45, 2.75) is 32.6 Å². The minimum atomic E-state index is -0.0227. The van der Waals surface area contributed by atoms with E-state index in [0.717, 1.165) is 53.4 Å². The highest BCUT2D eigenvalue weighted by atomic mass is 16.5. The second-order valence-electron chi connectivity index (χ2n) is 9.72. The predicted molar refractivity (Wildman–Crippen MR) is 165 cm³/mol. The zero-order valence-electron chi connectivity index (χ0n) is 23.7. The van der Waals surface area contributed by atoms with E-state index < -0.39 is 0 Å². The maximum Gasteiger partial charge on any atom is 0.254 e. The second kappa shape index (κ2) is 15.5. The summed E-state index contributed by atoms with van der Waals surface area (Å²) in [7, 11) is 0. The van der Waals surface area contributed by atoms with Crippen LogP contribution in [0.3, 0.4) is 0 Å². The van der Waals surface area contributed by atoms with Gasteiger partial charge < -0.3 is 37.6 Å². The SMILES string of the molecule is C=CN.CC(=O)NCCN.N=Cc1c(N)ccc2nc(-c3ccc(C(=O)N4CCOCC4)cc3)c3c(c12)CCCC3. The van der Waals surface area contributed by atoms with Crippen molar-refractivity contribution in [3.8, 4) is 11.3 Å². The highest BCUT2D eigenvalue weighted by Gasteiger charge is 2.22. The van der Waals surface area contributed by atoms with Gasteiger partial charge in [-0.15, -0.1) is 0 Å². The summed E-state index contributed by atoms with van der Waals surface area (Å²) < 4.78 is 5.35. The van der Waals surface area contributed by atoms with Crippen LogP contribution in [0.4, 0.5) is 5.69 Å². The minimum absolute atomic E-state index is 0.0227. The number of nitrogen functional groups attached to an aromatic ring is 1. The number of hydrogen-bond donors (Lipinski definition) is 5. The summed E-state index contributed by atoms with van der Waals surface area (Å²) in [6, 6.07) is 11.6. The summed E-state index contributed by atoms with van der Waals surface area (Å²) in [5, 5.41) is 11.4. The molecule has 0 radical (unpaired) electrons. The Balaban J connectivity index is 0.000000401. The fourth-order valence-corrected chi connectivity index (χ4v) is 5.03. The molecule has 3 aromatic rings. The van der Waals surface area contributed by atoms with Gasteiger partial charge in [0.2, 0.25) is 5.91 Å². The number of ether oxygens (including phenoxy) is 1. The van der Waals surface area contributed by atoms with Crippen LogP contribution < -0.4 is 22.5 Å². The van der Waals surface area contributed by atoms with Crippen molar-refractivity contribution in [2.24, 2.45) is 11.5 Å². The Bertz CT molecular complexity index is 1370. The zero-order chi connectivity index (χ0) is 29.8. The molecule has 1 fully saturated rings. The molecule has 1 aliphatic carbocycles. The average Bonchev–Trinajstić information content (AvgIpc) is 3.00. The molecule has 1 aromatic heterocycles. The van der Waals surface area contributed by atoms with Crippen LogP contribution in [0, 0.1) is 5.41 Å². The van der Waals surface area contributed by atoms with Crippen LogP contribution in [0.15, 0.2) is 49.2 Å². The first-order chi connectivity index (χ1) is 19.9. The molecule has 1 saturated heterocycles. The Morgan fingerprint density at radius 3 is 2.29 bits per heavy atom. The van der Waals surface area contributed by atoms with E-state index in [1.807, 2.05) is 41.3 Å². The molecule has 0 spiro atoms. The van der Waals surface area contributed by atoms with Crippen LogP contribution in [0.5, 0.6) is 0 Å². The van der Waals surface area contributed by atoms with Crippen molar-refractivity contribution in [1.29, 1.82) is 5.41 Å². The molecule has 10 heteroatoms. The van der Waals surface area contributed by atoms with E-state index in [1.54, 1.807) is 0 Å². The molecule has 41 heavy (non-hydrogen) atoms. The Morgan fingerprint density at radius 1 is 1.10 bits per heavy atom. The lowest BCUT2D eigenvalue weighted by molar-refractivity contribution is -0.118. The van der Waals surface area contributed by atoms with Gasteiger partial charge in [-0.1, -0.05) is 18.7 Å². The number of hydrogen-bond acceptors (Lipinski definition) is 8. The Kier molecular flexibility index (Phi) is 11.8. The first-order valence-corrected chi connectivity index (χ1v) is 13.8. The van der Waals surface area contributed by atoms with Crippen LogP contribution >= 0.6 is 0 Å². The maximum atomic E-state index is 12.8. The highest BCUT2D eigenvalue weighted by Crippen LogP contribution is 2.37. The van der Waals surface area contributed by atoms with E-state index in [-0.39, 0.29) is 11.8 Å². The first-order valence-electron chi connectivity index (χ1n) is 13.8. The van der Waals surface area contributed by atoms with Gasteiger partial charge >= 0.3 is 0 Å². The number of pyridine rings is 1. The molecule has 10 nitrogen and oxygen atoms in total. The monoisotopic (exact) mass is 559 g/mol. The van der Waals surface area contributed by atoms with Crippen molar-refractivity contribution in [3.63, 3.8) is 0 Å². The average molecular weight is 560 g/mol. The number of rotatable bonds is 5. The van der Waals surface area contributed by atoms with Gasteiger partial charge in [-0.3, -0.25) is 9.59 Å². The summed E-state index contributed by atoms with van der Waals surface area (Å²) in [4.78, 5) is 29.7. The van der Waals surface area contributed by atoms with E-state index in [4.69, 9.17) is 26.6 Å². The Labute approximate surface area is 241 Å². The summed E-state index contributed by atoms with van der Waals surface area (Å²) in [6.45, 7) is 8.17. The fraction of sp³-hybridized carbons (Fsp3) is 0.355. The standard InChI is InChI=1S/C25H26N4O2.C4H10N2O.C2H5N/c26-15-20-21(27)9-10-22-23(20)18-3-1-2-4-19(18)24(28-22)16-5-7-17(8-6-16)25(30)29-11-13-31-14-12-29;1-4(7)6-3-2-5;1-2-3/h5-10,15,26H,1-4,11-14,27H2;2-3,5H2,1H3,(H,6,7);2H,1,3H2. The number of nitrogens with two attached hydrogens (primary N) is 3. The third-order valence-electron chi connectivity index (χ3n) is 6.91. The van der Waals surface area contributed by atoms with Crippen molar-refractivity contribution in [1.82, 2.24) is 15.2 Å². The zero-order valence-corrected chi connectivity index (χ0v) is 23.7. The Morgan fingerprint density at radius 2 is 1.73 bits per heavy atom. The van der Waals surface area contributed by atoms with E-state index in [9.17, 15) is 9.59 Å². The van der Waals surface area contributed by atoms with Crippen LogP contribution in [-0.4, -0.2) is 67.3 Å². The van der Waals surface area contributed by atoms with E-state index in [0.29, 0.717) is 50.6 Å². The molecule has 1 aliphatic heterocycles. The number of anilines is 1. The van der Waals surface area contributed by atoms with Crippen LogP contribution in [0.2, 0.25) is 0 Å². The lowest BCUT2D eigenvalue weighted by atomic mass is 9.85. The number of nitrogens with one attached hydrogen (secondary N) is 2. The summed E-state index contributed by atoms with van der Waals surface area (Å²) in [6.07, 6.45) is 6.79. The number of carbonyl (C=O) groups excluding carboxylic acids is 2. The van der Waals surface area contributed by atoms with Crippen molar-refractivity contribution in [3.05, 3.63) is 71.4 Å². The third kappa shape index (κ3) is 7.90. The molecule has 5 rings (SSSR count). The first kappa shape index (κ1) is 31.3. The lowest BCUT2D eigenvalue weighted by Gasteiger charge is -2.27. The van der Waals surface area contributed by atoms with Gasteiger partial charge in [-0.05, 0) is 67.3 Å². The second-order valence-corrected chi connectivity index (χ2v) is 9.72. The Hall–Kier alpha value is -4.28. The molecule has 2 aromatic carbocycles. The quantitative estimate of drug-likeness (QED) is 0.236. The summed E-state index contributed by atoms with van der Waals surface area (Å²) in [5.74, 6) is 0.0277. The van der Waals surface area contributed by atoms with Gasteiger partial charge in [0.05, 0.1) is 24.4 Å². The van der Waals surface area contributed by atoms with Crippen molar-refractivity contribution in [2.75, 3.05) is 45.1 Å². The van der Waals surface area contributed by atoms with Gasteiger partial charge in [0.15, 0.2) is 0 Å². The van der Waals surface area contributed by atoms with Gasteiger partial charge in [-0.2, -0.15) is 0 Å². The molecule has 8 N–H and O–H groups in total. The molecule has 0 atom stereocenters. The molecule has 2 aliphatic rings. The number of carbonyl (C=O) groups is 2. The number of aryl methyl sites for hydroxylation is 1.